The smallest absolute Gasteiger partial charge is 0.0241 e. The molecule has 0 aliphatic heterocycles. The highest BCUT2D eigenvalue weighted by atomic mass is 14.7. The summed E-state index contributed by atoms with van der Waals surface area (Å²) in [4.78, 5) is 0. The number of hydrogen-bond acceptors (Lipinski definition) is 0. The molecule has 0 aromatic rings. The van der Waals surface area contributed by atoms with E-state index in [-0.39, 0.29) is 0 Å². The van der Waals surface area contributed by atoms with E-state index in [0.29, 0.717) is 10.8 Å². The van der Waals surface area contributed by atoms with Crippen molar-refractivity contribution >= 4 is 0 Å². The second-order valence-corrected chi connectivity index (χ2v) is 7.42. The molecule has 0 nitrogen and oxygen atoms in total. The molecule has 3 rings (SSSR count). The van der Waals surface area contributed by atoms with Gasteiger partial charge in [0, 0.05) is 0 Å². The van der Waals surface area contributed by atoms with Gasteiger partial charge in [-0.3, -0.25) is 0 Å². The minimum Gasteiger partial charge on any atom is -0.0591 e. The van der Waals surface area contributed by atoms with Gasteiger partial charge >= 0.3 is 0 Å². The van der Waals surface area contributed by atoms with Crippen LogP contribution in [0.1, 0.15) is 65.7 Å². The van der Waals surface area contributed by atoms with Gasteiger partial charge < -0.3 is 0 Å². The van der Waals surface area contributed by atoms with Crippen molar-refractivity contribution in [2.24, 2.45) is 28.6 Å². The second-order valence-electron chi connectivity index (χ2n) is 7.42. The van der Waals surface area contributed by atoms with Crippen molar-refractivity contribution in [1.82, 2.24) is 0 Å². The van der Waals surface area contributed by atoms with Crippen molar-refractivity contribution < 1.29 is 0 Å². The molecule has 0 heteroatoms. The van der Waals surface area contributed by atoms with Crippen LogP contribution in [0.2, 0.25) is 0 Å². The van der Waals surface area contributed by atoms with Gasteiger partial charge in [-0.1, -0.05) is 20.8 Å². The molecule has 0 N–H and O–H groups in total. The van der Waals surface area contributed by atoms with E-state index in [9.17, 15) is 0 Å². The Labute approximate surface area is 101 Å². The average Bonchev–Trinajstić information content (AvgIpc) is 2.62. The predicted molar refractivity (Wildman–Crippen MR) is 69.0 cm³/mol. The van der Waals surface area contributed by atoms with E-state index >= 15 is 0 Å². The molecule has 0 amide bonds. The van der Waals surface area contributed by atoms with Gasteiger partial charge in [0.1, 0.15) is 0 Å². The lowest BCUT2D eigenvalue weighted by molar-refractivity contribution is 0.0564. The fraction of sp³-hybridized carbons (Fsp3) is 0.938. The summed E-state index contributed by atoms with van der Waals surface area (Å²) in [5.41, 5.74) is 1.29. The van der Waals surface area contributed by atoms with Crippen LogP contribution in [-0.2, 0) is 0 Å². The first-order valence-corrected chi connectivity index (χ1v) is 7.37. The Balaban J connectivity index is 1.83. The van der Waals surface area contributed by atoms with Crippen LogP contribution in [-0.4, -0.2) is 0 Å². The number of fused-ring (bicyclic) bond motifs is 2. The van der Waals surface area contributed by atoms with Crippen LogP contribution in [0.4, 0.5) is 0 Å². The third-order valence-corrected chi connectivity index (χ3v) is 6.91. The SMILES string of the molecule is CC1(C)C2CCC1(C)C(C1CC[CH]CC1)C2. The standard InChI is InChI=1S/C16H27/c1-15(2)13-9-10-16(15,3)14(11-13)12-7-5-4-6-8-12/h4,12-14H,5-11H2,1-3H3. The lowest BCUT2D eigenvalue weighted by atomic mass is 9.61. The van der Waals surface area contributed by atoms with Crippen LogP contribution in [0, 0.1) is 35.0 Å². The topological polar surface area (TPSA) is 0 Å². The first-order chi connectivity index (χ1) is 7.56. The van der Waals surface area contributed by atoms with Gasteiger partial charge in [-0.15, -0.1) is 0 Å². The molecule has 3 unspecified atom stereocenters. The highest BCUT2D eigenvalue weighted by Gasteiger charge is 2.62. The van der Waals surface area contributed by atoms with Crippen molar-refractivity contribution in [2.45, 2.75) is 65.7 Å². The molecule has 3 aliphatic rings. The number of rotatable bonds is 1. The van der Waals surface area contributed by atoms with E-state index in [1.54, 1.807) is 6.42 Å². The molecule has 2 bridgehead atoms. The lowest BCUT2D eigenvalue weighted by Crippen LogP contribution is -2.36. The molecule has 0 saturated heterocycles. The minimum atomic E-state index is 0.624. The molecule has 1 radical (unpaired) electrons. The van der Waals surface area contributed by atoms with Gasteiger partial charge in [-0.25, -0.2) is 0 Å². The highest BCUT2D eigenvalue weighted by Crippen LogP contribution is 2.70. The summed E-state index contributed by atoms with van der Waals surface area (Å²) in [7, 11) is 0. The van der Waals surface area contributed by atoms with Gasteiger partial charge in [0.25, 0.3) is 0 Å². The van der Waals surface area contributed by atoms with Gasteiger partial charge in [-0.2, -0.15) is 0 Å². The summed E-state index contributed by atoms with van der Waals surface area (Å²) < 4.78 is 0. The second kappa shape index (κ2) is 3.50. The molecule has 0 heterocycles. The van der Waals surface area contributed by atoms with E-state index in [0.717, 1.165) is 17.8 Å². The third kappa shape index (κ3) is 1.28. The molecule has 3 saturated carbocycles. The Kier molecular flexibility index (Phi) is 2.43. The monoisotopic (exact) mass is 219 g/mol. The van der Waals surface area contributed by atoms with E-state index in [1.165, 1.54) is 38.5 Å². The highest BCUT2D eigenvalue weighted by molar-refractivity contribution is 5.11. The van der Waals surface area contributed by atoms with Gasteiger partial charge in [0.15, 0.2) is 0 Å². The molecule has 3 atom stereocenters. The average molecular weight is 219 g/mol. The van der Waals surface area contributed by atoms with E-state index in [2.05, 4.69) is 27.2 Å². The summed E-state index contributed by atoms with van der Waals surface area (Å²) in [5, 5.41) is 0. The van der Waals surface area contributed by atoms with Gasteiger partial charge in [0.2, 0.25) is 0 Å². The maximum atomic E-state index is 2.61. The molecule has 0 spiro atoms. The largest absolute Gasteiger partial charge is 0.0591 e. The van der Waals surface area contributed by atoms with Crippen LogP contribution in [0.15, 0.2) is 0 Å². The molecular formula is C16H27. The molecule has 3 aliphatic carbocycles. The quantitative estimate of drug-likeness (QED) is 0.592. The summed E-state index contributed by atoms with van der Waals surface area (Å²) in [6, 6.07) is 0. The number of hydrogen-bond donors (Lipinski definition) is 0. The van der Waals surface area contributed by atoms with Crippen molar-refractivity contribution in [3.8, 4) is 0 Å². The minimum absolute atomic E-state index is 0.624. The molecule has 91 valence electrons. The summed E-state index contributed by atoms with van der Waals surface area (Å²) in [5.74, 6) is 3.14. The maximum Gasteiger partial charge on any atom is -0.0241 e. The molecule has 3 fully saturated rings. The third-order valence-electron chi connectivity index (χ3n) is 6.91. The Bertz CT molecular complexity index is 272. The van der Waals surface area contributed by atoms with Crippen molar-refractivity contribution in [2.75, 3.05) is 0 Å². The van der Waals surface area contributed by atoms with Gasteiger partial charge in [0.05, 0.1) is 0 Å². The Hall–Kier alpha value is 0. The fourth-order valence-electron chi connectivity index (χ4n) is 5.33. The van der Waals surface area contributed by atoms with E-state index < -0.39 is 0 Å². The molecule has 16 heavy (non-hydrogen) atoms. The maximum absolute atomic E-state index is 2.61. The Morgan fingerprint density at radius 2 is 1.69 bits per heavy atom. The van der Waals surface area contributed by atoms with Crippen molar-refractivity contribution in [3.63, 3.8) is 0 Å². The van der Waals surface area contributed by atoms with Gasteiger partial charge in [-0.05, 0) is 80.0 Å². The van der Waals surface area contributed by atoms with Crippen LogP contribution in [0.3, 0.4) is 0 Å². The first kappa shape index (κ1) is 11.1. The van der Waals surface area contributed by atoms with Crippen molar-refractivity contribution in [1.29, 1.82) is 0 Å². The molecule has 0 aromatic carbocycles. The van der Waals surface area contributed by atoms with E-state index in [4.69, 9.17) is 0 Å². The lowest BCUT2D eigenvalue weighted by Gasteiger charge is -2.44. The zero-order chi connectivity index (χ0) is 11.4. The Morgan fingerprint density at radius 1 is 1.00 bits per heavy atom. The van der Waals surface area contributed by atoms with Crippen LogP contribution < -0.4 is 0 Å². The fourth-order valence-corrected chi connectivity index (χ4v) is 5.33. The molecule has 0 aromatic heterocycles. The van der Waals surface area contributed by atoms with Crippen LogP contribution in [0.25, 0.3) is 0 Å². The first-order valence-electron chi connectivity index (χ1n) is 7.37. The summed E-state index contributed by atoms with van der Waals surface area (Å²) >= 11 is 0. The predicted octanol–water partition coefficient (Wildman–Crippen LogP) is 4.84. The van der Waals surface area contributed by atoms with Crippen molar-refractivity contribution in [3.05, 3.63) is 6.42 Å². The Morgan fingerprint density at radius 3 is 2.19 bits per heavy atom. The molecular weight excluding hydrogens is 192 g/mol. The van der Waals surface area contributed by atoms with Crippen LogP contribution >= 0.6 is 0 Å². The summed E-state index contributed by atoms with van der Waals surface area (Å²) in [6.45, 7) is 7.72. The normalized spacial score (nSPS) is 47.4. The van der Waals surface area contributed by atoms with Crippen LogP contribution in [0.5, 0.6) is 0 Å². The zero-order valence-electron chi connectivity index (χ0n) is 11.3. The summed E-state index contributed by atoms with van der Waals surface area (Å²) in [6.07, 6.45) is 12.8. The van der Waals surface area contributed by atoms with E-state index in [1.807, 2.05) is 0 Å². The zero-order valence-corrected chi connectivity index (χ0v) is 11.3.